The molecule has 1 fully saturated rings. The van der Waals surface area contributed by atoms with Gasteiger partial charge in [0.1, 0.15) is 0 Å². The summed E-state index contributed by atoms with van der Waals surface area (Å²) in [6.07, 6.45) is 4.31. The molecule has 5 heteroatoms. The SMILES string of the molecule is CC(C)Cn1nccc1[C@H]1CCCN1CCC(=O)O. The number of aromatic nitrogens is 2. The number of likely N-dealkylation sites (tertiary alicyclic amines) is 1. The van der Waals surface area contributed by atoms with E-state index in [0.29, 0.717) is 18.5 Å². The molecule has 1 saturated heterocycles. The topological polar surface area (TPSA) is 58.4 Å². The van der Waals surface area contributed by atoms with Crippen LogP contribution in [-0.4, -0.2) is 38.8 Å². The number of carboxylic acids is 1. The van der Waals surface area contributed by atoms with Crippen LogP contribution >= 0.6 is 0 Å². The van der Waals surface area contributed by atoms with E-state index in [9.17, 15) is 4.79 Å². The van der Waals surface area contributed by atoms with Gasteiger partial charge in [-0.2, -0.15) is 5.10 Å². The summed E-state index contributed by atoms with van der Waals surface area (Å²) in [6.45, 7) is 6.91. The van der Waals surface area contributed by atoms with Gasteiger partial charge in [0.2, 0.25) is 0 Å². The fourth-order valence-electron chi connectivity index (χ4n) is 2.79. The van der Waals surface area contributed by atoms with E-state index in [1.807, 2.05) is 6.20 Å². The molecule has 0 bridgehead atoms. The van der Waals surface area contributed by atoms with Crippen molar-refractivity contribution in [3.8, 4) is 0 Å². The maximum atomic E-state index is 10.7. The monoisotopic (exact) mass is 265 g/mol. The zero-order valence-electron chi connectivity index (χ0n) is 11.7. The summed E-state index contributed by atoms with van der Waals surface area (Å²) in [7, 11) is 0. The molecule has 19 heavy (non-hydrogen) atoms. The Hall–Kier alpha value is -1.36. The Labute approximate surface area is 114 Å². The lowest BCUT2D eigenvalue weighted by Crippen LogP contribution is -2.28. The van der Waals surface area contributed by atoms with Gasteiger partial charge in [0, 0.05) is 19.3 Å². The van der Waals surface area contributed by atoms with Crippen molar-refractivity contribution in [1.29, 1.82) is 0 Å². The van der Waals surface area contributed by atoms with E-state index in [1.165, 1.54) is 5.69 Å². The summed E-state index contributed by atoms with van der Waals surface area (Å²) in [5, 5.41) is 13.2. The van der Waals surface area contributed by atoms with Gasteiger partial charge in [0.05, 0.1) is 18.2 Å². The van der Waals surface area contributed by atoms with Gasteiger partial charge in [0.15, 0.2) is 0 Å². The van der Waals surface area contributed by atoms with E-state index in [-0.39, 0.29) is 6.42 Å². The Balaban J connectivity index is 2.07. The van der Waals surface area contributed by atoms with Gasteiger partial charge >= 0.3 is 5.97 Å². The smallest absolute Gasteiger partial charge is 0.304 e. The summed E-state index contributed by atoms with van der Waals surface area (Å²) >= 11 is 0. The van der Waals surface area contributed by atoms with Gasteiger partial charge in [-0.15, -0.1) is 0 Å². The van der Waals surface area contributed by atoms with E-state index >= 15 is 0 Å². The van der Waals surface area contributed by atoms with E-state index in [4.69, 9.17) is 5.11 Å². The van der Waals surface area contributed by atoms with Crippen LogP contribution in [0.1, 0.15) is 44.8 Å². The molecule has 0 aromatic carbocycles. The molecule has 0 amide bonds. The van der Waals surface area contributed by atoms with Crippen molar-refractivity contribution in [2.24, 2.45) is 5.92 Å². The largest absolute Gasteiger partial charge is 0.481 e. The lowest BCUT2D eigenvalue weighted by atomic mass is 10.1. The third kappa shape index (κ3) is 3.56. The molecule has 0 saturated carbocycles. The van der Waals surface area contributed by atoms with Crippen LogP contribution in [0.25, 0.3) is 0 Å². The number of hydrogen-bond acceptors (Lipinski definition) is 3. The van der Waals surface area contributed by atoms with Crippen LogP contribution in [0.2, 0.25) is 0 Å². The zero-order chi connectivity index (χ0) is 13.8. The normalized spacial score (nSPS) is 20.3. The zero-order valence-corrected chi connectivity index (χ0v) is 11.7. The average Bonchev–Trinajstić information content (AvgIpc) is 2.93. The molecule has 1 aliphatic rings. The third-order valence-electron chi connectivity index (χ3n) is 3.61. The fraction of sp³-hybridized carbons (Fsp3) is 0.714. The molecule has 0 aliphatic carbocycles. The maximum absolute atomic E-state index is 10.7. The van der Waals surface area contributed by atoms with Gasteiger partial charge in [-0.25, -0.2) is 0 Å². The highest BCUT2D eigenvalue weighted by Gasteiger charge is 2.28. The first-order valence-corrected chi connectivity index (χ1v) is 7.05. The Morgan fingerprint density at radius 3 is 3.05 bits per heavy atom. The van der Waals surface area contributed by atoms with Crippen LogP contribution in [0.3, 0.4) is 0 Å². The van der Waals surface area contributed by atoms with Crippen LogP contribution in [0.5, 0.6) is 0 Å². The van der Waals surface area contributed by atoms with Gasteiger partial charge in [-0.05, 0) is 31.4 Å². The average molecular weight is 265 g/mol. The van der Waals surface area contributed by atoms with E-state index < -0.39 is 5.97 Å². The quantitative estimate of drug-likeness (QED) is 0.856. The second-order valence-electron chi connectivity index (χ2n) is 5.67. The standard InChI is InChI=1S/C14H23N3O2/c1-11(2)10-17-13(5-7-15-17)12-4-3-8-16(12)9-6-14(18)19/h5,7,11-12H,3-4,6,8-10H2,1-2H3,(H,18,19)/t12-/m1/s1. The van der Waals surface area contributed by atoms with Crippen molar-refractivity contribution < 1.29 is 9.90 Å². The lowest BCUT2D eigenvalue weighted by Gasteiger charge is -2.25. The minimum absolute atomic E-state index is 0.217. The van der Waals surface area contributed by atoms with Crippen molar-refractivity contribution in [2.75, 3.05) is 13.1 Å². The molecule has 1 aliphatic heterocycles. The Morgan fingerprint density at radius 1 is 1.58 bits per heavy atom. The Bertz CT molecular complexity index is 428. The molecule has 1 aromatic rings. The minimum atomic E-state index is -0.721. The van der Waals surface area contributed by atoms with Crippen molar-refractivity contribution in [3.05, 3.63) is 18.0 Å². The summed E-state index contributed by atoms with van der Waals surface area (Å²) in [5.74, 6) is -0.158. The first-order chi connectivity index (χ1) is 9.08. The molecule has 2 rings (SSSR count). The number of hydrogen-bond donors (Lipinski definition) is 1. The van der Waals surface area contributed by atoms with Crippen molar-refractivity contribution in [3.63, 3.8) is 0 Å². The van der Waals surface area contributed by atoms with Crippen molar-refractivity contribution in [2.45, 2.75) is 45.7 Å². The summed E-state index contributed by atoms with van der Waals surface area (Å²) in [5.41, 5.74) is 1.23. The van der Waals surface area contributed by atoms with Gasteiger partial charge in [0.25, 0.3) is 0 Å². The Kier molecular flexibility index (Phi) is 4.58. The molecule has 0 unspecified atom stereocenters. The molecule has 2 heterocycles. The van der Waals surface area contributed by atoms with Crippen LogP contribution in [0, 0.1) is 5.92 Å². The van der Waals surface area contributed by atoms with Crippen molar-refractivity contribution in [1.82, 2.24) is 14.7 Å². The number of carboxylic acid groups (broad SMARTS) is 1. The molecule has 106 valence electrons. The molecule has 5 nitrogen and oxygen atoms in total. The molecule has 1 atom stereocenters. The number of nitrogens with zero attached hydrogens (tertiary/aromatic N) is 3. The van der Waals surface area contributed by atoms with Crippen LogP contribution < -0.4 is 0 Å². The van der Waals surface area contributed by atoms with Gasteiger partial charge in [-0.3, -0.25) is 14.4 Å². The maximum Gasteiger partial charge on any atom is 0.304 e. The summed E-state index contributed by atoms with van der Waals surface area (Å²) in [6, 6.07) is 2.41. The molecule has 0 spiro atoms. The van der Waals surface area contributed by atoms with E-state index in [0.717, 1.165) is 25.9 Å². The predicted octanol–water partition coefficient (Wildman–Crippen LogP) is 2.15. The first-order valence-electron chi connectivity index (χ1n) is 7.05. The van der Waals surface area contributed by atoms with Crippen LogP contribution in [-0.2, 0) is 11.3 Å². The lowest BCUT2D eigenvalue weighted by molar-refractivity contribution is -0.137. The van der Waals surface area contributed by atoms with Crippen molar-refractivity contribution >= 4 is 5.97 Å². The molecular weight excluding hydrogens is 242 g/mol. The second-order valence-corrected chi connectivity index (χ2v) is 5.67. The van der Waals surface area contributed by atoms with Crippen LogP contribution in [0.15, 0.2) is 12.3 Å². The second kappa shape index (κ2) is 6.19. The van der Waals surface area contributed by atoms with Crippen LogP contribution in [0.4, 0.5) is 0 Å². The third-order valence-corrected chi connectivity index (χ3v) is 3.61. The molecule has 1 N–H and O–H groups in total. The van der Waals surface area contributed by atoms with Gasteiger partial charge in [-0.1, -0.05) is 13.8 Å². The minimum Gasteiger partial charge on any atom is -0.481 e. The summed E-state index contributed by atoms with van der Waals surface area (Å²) < 4.78 is 2.08. The first kappa shape index (κ1) is 14.1. The highest BCUT2D eigenvalue weighted by Crippen LogP contribution is 2.31. The Morgan fingerprint density at radius 2 is 2.37 bits per heavy atom. The molecule has 0 radical (unpaired) electrons. The fourth-order valence-corrected chi connectivity index (χ4v) is 2.79. The number of carbonyl (C=O) groups is 1. The predicted molar refractivity (Wildman–Crippen MR) is 72.9 cm³/mol. The van der Waals surface area contributed by atoms with Gasteiger partial charge < -0.3 is 5.11 Å². The summed E-state index contributed by atoms with van der Waals surface area (Å²) in [4.78, 5) is 13.0. The number of aliphatic carboxylic acids is 1. The highest BCUT2D eigenvalue weighted by molar-refractivity contribution is 5.66. The van der Waals surface area contributed by atoms with E-state index in [1.54, 1.807) is 0 Å². The highest BCUT2D eigenvalue weighted by atomic mass is 16.4. The van der Waals surface area contributed by atoms with E-state index in [2.05, 4.69) is 34.6 Å². The molecular formula is C14H23N3O2. The number of rotatable bonds is 6. The molecule has 1 aromatic heterocycles.